The second-order valence-electron chi connectivity index (χ2n) is 2.96. The van der Waals surface area contributed by atoms with Crippen LogP contribution in [0.3, 0.4) is 0 Å². The zero-order valence-corrected chi connectivity index (χ0v) is 7.40. The van der Waals surface area contributed by atoms with Crippen LogP contribution in [0.5, 0.6) is 0 Å². The van der Waals surface area contributed by atoms with Crippen LogP contribution in [0.2, 0.25) is 0 Å². The second-order valence-corrected chi connectivity index (χ2v) is 2.96. The standard InChI is InChI=1S/C8H14O7/c1-2-14-8-5(11)3(9)4(10)6(15-8)7(12)13/h3-6,8-11H,2H2,1H3,(H,12,13)/t3-,4-,5+,6-,8+/m0/s1/i1D3,2D2. The fourth-order valence-corrected chi connectivity index (χ4v) is 1.21. The molecule has 0 aromatic heterocycles. The molecule has 0 saturated carbocycles. The van der Waals surface area contributed by atoms with Crippen molar-refractivity contribution in [3.05, 3.63) is 0 Å². The maximum Gasteiger partial charge on any atom is 0.335 e. The summed E-state index contributed by atoms with van der Waals surface area (Å²) in [5, 5.41) is 37.1. The number of hydrogen-bond acceptors (Lipinski definition) is 6. The molecule has 5 atom stereocenters. The van der Waals surface area contributed by atoms with E-state index in [9.17, 15) is 20.1 Å². The van der Waals surface area contributed by atoms with E-state index in [0.717, 1.165) is 0 Å². The van der Waals surface area contributed by atoms with Crippen molar-refractivity contribution in [3.63, 3.8) is 0 Å². The molecule has 0 unspecified atom stereocenters. The molecule has 0 amide bonds. The molecule has 1 heterocycles. The minimum atomic E-state index is -3.25. The first-order valence-corrected chi connectivity index (χ1v) is 3.99. The van der Waals surface area contributed by atoms with Crippen molar-refractivity contribution in [2.45, 2.75) is 37.6 Å². The second kappa shape index (κ2) is 4.86. The number of rotatable bonds is 3. The van der Waals surface area contributed by atoms with Crippen LogP contribution in [0.15, 0.2) is 0 Å². The third kappa shape index (κ3) is 2.44. The molecule has 7 heteroatoms. The number of ether oxygens (including phenoxy) is 2. The number of aliphatic carboxylic acids is 1. The molecule has 0 radical (unpaired) electrons. The molecule has 0 spiro atoms. The Morgan fingerprint density at radius 2 is 2.13 bits per heavy atom. The van der Waals surface area contributed by atoms with Gasteiger partial charge in [-0.15, -0.1) is 0 Å². The third-order valence-electron chi connectivity index (χ3n) is 1.99. The summed E-state index contributed by atoms with van der Waals surface area (Å²) < 4.78 is 44.1. The summed E-state index contributed by atoms with van der Waals surface area (Å²) in [5.41, 5.74) is 0. The first-order valence-electron chi connectivity index (χ1n) is 6.49. The summed E-state index contributed by atoms with van der Waals surface area (Å²) in [7, 11) is 0. The van der Waals surface area contributed by atoms with Crippen LogP contribution >= 0.6 is 0 Å². The predicted octanol–water partition coefficient (Wildman–Crippen LogP) is -2.08. The minimum absolute atomic E-state index is 1.69. The van der Waals surface area contributed by atoms with E-state index in [2.05, 4.69) is 9.47 Å². The summed E-state index contributed by atoms with van der Waals surface area (Å²) in [5.74, 6) is -1.69. The molecule has 0 aliphatic carbocycles. The lowest BCUT2D eigenvalue weighted by Crippen LogP contribution is -2.60. The number of carboxylic acids is 1. The van der Waals surface area contributed by atoms with Gasteiger partial charge in [-0.1, -0.05) is 0 Å². The molecule has 0 bridgehead atoms. The van der Waals surface area contributed by atoms with Gasteiger partial charge in [0.25, 0.3) is 0 Å². The zero-order chi connectivity index (χ0) is 15.9. The van der Waals surface area contributed by atoms with E-state index in [1.807, 2.05) is 0 Å². The molecule has 1 aliphatic rings. The largest absolute Gasteiger partial charge is 0.479 e. The molecule has 0 aromatic rings. The first-order chi connectivity index (χ1) is 8.88. The van der Waals surface area contributed by atoms with Gasteiger partial charge < -0.3 is 29.9 Å². The summed E-state index contributed by atoms with van der Waals surface area (Å²) in [4.78, 5) is 10.8. The minimum Gasteiger partial charge on any atom is -0.479 e. The summed E-state index contributed by atoms with van der Waals surface area (Å²) in [6, 6.07) is 0. The van der Waals surface area contributed by atoms with E-state index in [-0.39, 0.29) is 0 Å². The lowest BCUT2D eigenvalue weighted by Gasteiger charge is -2.38. The third-order valence-corrected chi connectivity index (χ3v) is 1.99. The van der Waals surface area contributed by atoms with Crippen molar-refractivity contribution < 1.29 is 41.5 Å². The quantitative estimate of drug-likeness (QED) is 0.437. The molecule has 7 nitrogen and oxygen atoms in total. The molecule has 0 aromatic carbocycles. The van der Waals surface area contributed by atoms with Crippen LogP contribution in [0.1, 0.15) is 13.7 Å². The Labute approximate surface area is 92.9 Å². The fraction of sp³-hybridized carbons (Fsp3) is 0.875. The average Bonchev–Trinajstić information content (AvgIpc) is 2.27. The van der Waals surface area contributed by atoms with Crippen molar-refractivity contribution in [1.82, 2.24) is 0 Å². The van der Waals surface area contributed by atoms with E-state index >= 15 is 0 Å². The van der Waals surface area contributed by atoms with Crippen molar-refractivity contribution >= 4 is 5.97 Å². The highest BCUT2D eigenvalue weighted by Crippen LogP contribution is 2.22. The Morgan fingerprint density at radius 3 is 2.67 bits per heavy atom. The summed E-state index contributed by atoms with van der Waals surface area (Å²) in [6.45, 7) is -6.47. The number of carboxylic acid groups (broad SMARTS) is 1. The lowest BCUT2D eigenvalue weighted by molar-refractivity contribution is -0.292. The molecule has 15 heavy (non-hydrogen) atoms. The van der Waals surface area contributed by atoms with E-state index < -0.39 is 50.1 Å². The summed E-state index contributed by atoms with van der Waals surface area (Å²) >= 11 is 0. The fourth-order valence-electron chi connectivity index (χ4n) is 1.21. The first kappa shape index (κ1) is 6.77. The van der Waals surface area contributed by atoms with Crippen LogP contribution in [0.25, 0.3) is 0 Å². The van der Waals surface area contributed by atoms with Gasteiger partial charge in [0.05, 0.1) is 2.74 Å². The van der Waals surface area contributed by atoms with Gasteiger partial charge >= 0.3 is 5.97 Å². The van der Waals surface area contributed by atoms with Crippen molar-refractivity contribution in [1.29, 1.82) is 0 Å². The zero-order valence-electron chi connectivity index (χ0n) is 12.4. The van der Waals surface area contributed by atoms with Crippen LogP contribution < -0.4 is 0 Å². The number of carbonyl (C=O) groups is 1. The molecule has 88 valence electrons. The molecule has 1 aliphatic heterocycles. The van der Waals surface area contributed by atoms with E-state index in [1.165, 1.54) is 0 Å². The monoisotopic (exact) mass is 227 g/mol. The SMILES string of the molecule is [2H]C([2H])([2H])C([2H])([2H])O[C@@H]1O[C@H](C(=O)O)[C@@H](O)[C@H](O)[C@H]1O. The molecule has 1 saturated heterocycles. The van der Waals surface area contributed by atoms with Gasteiger partial charge in [0.15, 0.2) is 12.4 Å². The Kier molecular flexibility index (Phi) is 2.19. The topological polar surface area (TPSA) is 116 Å². The van der Waals surface area contributed by atoms with Crippen LogP contribution in [0.4, 0.5) is 0 Å². The maximum absolute atomic E-state index is 10.8. The van der Waals surface area contributed by atoms with Crippen LogP contribution in [-0.2, 0) is 14.3 Å². The number of hydrogen-bond donors (Lipinski definition) is 4. The highest BCUT2D eigenvalue weighted by Gasteiger charge is 2.47. The molecular formula is C8H14O7. The highest BCUT2D eigenvalue weighted by atomic mass is 16.7. The van der Waals surface area contributed by atoms with Gasteiger partial charge in [-0.2, -0.15) is 0 Å². The smallest absolute Gasteiger partial charge is 0.335 e. The van der Waals surface area contributed by atoms with Gasteiger partial charge in [0.2, 0.25) is 0 Å². The summed E-state index contributed by atoms with van der Waals surface area (Å²) in [6.07, 6.45) is -10.0. The lowest BCUT2D eigenvalue weighted by atomic mass is 9.99. The Balaban J connectivity index is 2.92. The molecule has 1 rings (SSSR count). The predicted molar refractivity (Wildman–Crippen MR) is 45.9 cm³/mol. The Bertz CT molecular complexity index is 373. The van der Waals surface area contributed by atoms with Gasteiger partial charge in [-0.25, -0.2) is 4.79 Å². The average molecular weight is 227 g/mol. The molecule has 4 N–H and O–H groups in total. The van der Waals surface area contributed by atoms with Crippen LogP contribution in [-0.4, -0.2) is 63.7 Å². The van der Waals surface area contributed by atoms with Gasteiger partial charge in [0.1, 0.15) is 18.3 Å². The maximum atomic E-state index is 10.8. The van der Waals surface area contributed by atoms with E-state index in [1.54, 1.807) is 0 Å². The van der Waals surface area contributed by atoms with Crippen molar-refractivity contribution in [2.75, 3.05) is 6.56 Å². The molecule has 1 fully saturated rings. The normalized spacial score (nSPS) is 48.2. The van der Waals surface area contributed by atoms with Gasteiger partial charge in [0, 0.05) is 10.7 Å². The molecular weight excluding hydrogens is 208 g/mol. The Morgan fingerprint density at radius 1 is 1.47 bits per heavy atom. The van der Waals surface area contributed by atoms with Crippen molar-refractivity contribution in [2.24, 2.45) is 0 Å². The Hall–Kier alpha value is -0.730. The number of aliphatic hydroxyl groups is 3. The van der Waals surface area contributed by atoms with Gasteiger partial charge in [-0.3, -0.25) is 0 Å². The highest BCUT2D eigenvalue weighted by molar-refractivity contribution is 5.73. The van der Waals surface area contributed by atoms with E-state index in [0.29, 0.717) is 0 Å². The number of aliphatic hydroxyl groups excluding tert-OH is 3. The van der Waals surface area contributed by atoms with Crippen LogP contribution in [0, 0.1) is 0 Å². The van der Waals surface area contributed by atoms with E-state index in [4.69, 9.17) is 12.0 Å². The van der Waals surface area contributed by atoms with Crippen molar-refractivity contribution in [3.8, 4) is 0 Å². The van der Waals surface area contributed by atoms with Gasteiger partial charge in [-0.05, 0) is 6.85 Å².